The lowest BCUT2D eigenvalue weighted by Crippen LogP contribution is -2.49. The summed E-state index contributed by atoms with van der Waals surface area (Å²) in [5.41, 5.74) is 1.09. The summed E-state index contributed by atoms with van der Waals surface area (Å²) in [6.07, 6.45) is -0.597. The predicted octanol–water partition coefficient (Wildman–Crippen LogP) is 1.72. The second-order valence-corrected chi connectivity index (χ2v) is 5.51. The van der Waals surface area contributed by atoms with Crippen molar-refractivity contribution in [3.8, 4) is 0 Å². The van der Waals surface area contributed by atoms with Crippen molar-refractivity contribution in [3.05, 3.63) is 35.9 Å². The Balaban J connectivity index is 1.71. The first-order chi connectivity index (χ1) is 9.05. The smallest absolute Gasteiger partial charge is 0.193 e. The third-order valence-electron chi connectivity index (χ3n) is 3.51. The molecule has 2 aliphatic rings. The van der Waals surface area contributed by atoms with E-state index in [-0.39, 0.29) is 11.9 Å². The Morgan fingerprint density at radius 1 is 1.21 bits per heavy atom. The Morgan fingerprint density at radius 3 is 2.68 bits per heavy atom. The zero-order valence-corrected chi connectivity index (χ0v) is 11.2. The van der Waals surface area contributed by atoms with Crippen molar-refractivity contribution in [2.45, 2.75) is 44.4 Å². The zero-order chi connectivity index (χ0) is 13.5. The molecule has 102 valence electrons. The van der Waals surface area contributed by atoms with E-state index in [1.54, 1.807) is 0 Å². The number of rotatable bonds is 2. The number of carbonyl (C=O) groups excluding carboxylic acids is 1. The van der Waals surface area contributed by atoms with Crippen LogP contribution in [0.4, 0.5) is 0 Å². The van der Waals surface area contributed by atoms with Crippen LogP contribution in [0.2, 0.25) is 0 Å². The largest absolute Gasteiger partial charge is 0.367 e. The van der Waals surface area contributed by atoms with Crippen LogP contribution in [0.25, 0.3) is 0 Å². The van der Waals surface area contributed by atoms with Crippen molar-refractivity contribution >= 4 is 5.78 Å². The van der Waals surface area contributed by atoms with Crippen LogP contribution in [0.15, 0.2) is 30.3 Å². The van der Waals surface area contributed by atoms with Crippen LogP contribution in [0, 0.1) is 0 Å². The highest BCUT2D eigenvalue weighted by molar-refractivity contribution is 5.89. The first kappa shape index (κ1) is 12.8. The van der Waals surface area contributed by atoms with Gasteiger partial charge in [-0.2, -0.15) is 0 Å². The number of Topliss-reactive ketones (excluding diaryl/α,β-unsaturated/α-hetero) is 1. The topological polar surface area (TPSA) is 44.8 Å². The van der Waals surface area contributed by atoms with Crippen LogP contribution in [0.5, 0.6) is 0 Å². The standard InChI is InChI=1S/C15H18O4/c1-15(2)18-12-9-17-11(13(16)14(12)19-15)8-10-6-4-3-5-7-10/h3-7,11-12,14H,8-9H2,1-2H3/t11-,12+,14+/m1/s1. The molecule has 4 nitrogen and oxygen atoms in total. The van der Waals surface area contributed by atoms with E-state index in [1.807, 2.05) is 44.2 Å². The molecule has 4 heteroatoms. The molecule has 0 radical (unpaired) electrons. The average molecular weight is 262 g/mol. The van der Waals surface area contributed by atoms with Gasteiger partial charge in [-0.1, -0.05) is 30.3 Å². The summed E-state index contributed by atoms with van der Waals surface area (Å²) in [5.74, 6) is -0.707. The summed E-state index contributed by atoms with van der Waals surface area (Å²) < 4.78 is 17.0. The van der Waals surface area contributed by atoms with E-state index in [0.29, 0.717) is 13.0 Å². The van der Waals surface area contributed by atoms with E-state index >= 15 is 0 Å². The SMILES string of the molecule is CC1(C)O[C@H]2CO[C@H](Cc3ccccc3)C(=O)[C@H]2O1. The number of carbonyl (C=O) groups is 1. The molecule has 1 aromatic carbocycles. The van der Waals surface area contributed by atoms with E-state index < -0.39 is 18.0 Å². The molecule has 3 atom stereocenters. The van der Waals surface area contributed by atoms with Crippen molar-refractivity contribution in [2.24, 2.45) is 0 Å². The third-order valence-corrected chi connectivity index (χ3v) is 3.51. The van der Waals surface area contributed by atoms with E-state index in [0.717, 1.165) is 5.56 Å². The highest BCUT2D eigenvalue weighted by atomic mass is 16.8. The lowest BCUT2D eigenvalue weighted by molar-refractivity contribution is -0.155. The normalized spacial score (nSPS) is 33.2. The van der Waals surface area contributed by atoms with Gasteiger partial charge in [0, 0.05) is 6.42 Å². The second-order valence-electron chi connectivity index (χ2n) is 5.51. The molecule has 2 aliphatic heterocycles. The van der Waals surface area contributed by atoms with Gasteiger partial charge in [-0.05, 0) is 19.4 Å². The van der Waals surface area contributed by atoms with Gasteiger partial charge in [-0.15, -0.1) is 0 Å². The molecular formula is C15H18O4. The van der Waals surface area contributed by atoms with Gasteiger partial charge in [0.05, 0.1) is 6.61 Å². The van der Waals surface area contributed by atoms with Crippen molar-refractivity contribution in [1.29, 1.82) is 0 Å². The predicted molar refractivity (Wildman–Crippen MR) is 68.7 cm³/mol. The van der Waals surface area contributed by atoms with Crippen LogP contribution >= 0.6 is 0 Å². The molecule has 0 aliphatic carbocycles. The molecule has 0 amide bonds. The lowest BCUT2D eigenvalue weighted by Gasteiger charge is -2.28. The molecule has 1 aromatic rings. The van der Waals surface area contributed by atoms with Gasteiger partial charge < -0.3 is 14.2 Å². The molecule has 0 aromatic heterocycles. The minimum absolute atomic E-state index is 0.00863. The summed E-state index contributed by atoms with van der Waals surface area (Å²) in [4.78, 5) is 12.4. The number of fused-ring (bicyclic) bond motifs is 1. The van der Waals surface area contributed by atoms with Crippen molar-refractivity contribution in [2.75, 3.05) is 6.61 Å². The molecule has 2 saturated heterocycles. The van der Waals surface area contributed by atoms with Gasteiger partial charge in [0.25, 0.3) is 0 Å². The maximum Gasteiger partial charge on any atom is 0.193 e. The Bertz CT molecular complexity index is 468. The Morgan fingerprint density at radius 2 is 1.95 bits per heavy atom. The van der Waals surface area contributed by atoms with E-state index in [1.165, 1.54) is 0 Å². The average Bonchev–Trinajstić information content (AvgIpc) is 2.70. The maximum atomic E-state index is 12.4. The number of ether oxygens (including phenoxy) is 3. The summed E-state index contributed by atoms with van der Waals surface area (Å²) in [6.45, 7) is 4.06. The van der Waals surface area contributed by atoms with E-state index in [9.17, 15) is 4.79 Å². The van der Waals surface area contributed by atoms with E-state index in [2.05, 4.69) is 0 Å². The summed E-state index contributed by atoms with van der Waals surface area (Å²) >= 11 is 0. The highest BCUT2D eigenvalue weighted by Crippen LogP contribution is 2.33. The molecule has 0 bridgehead atoms. The Kier molecular flexibility index (Phi) is 3.17. The van der Waals surface area contributed by atoms with Crippen molar-refractivity contribution < 1.29 is 19.0 Å². The zero-order valence-electron chi connectivity index (χ0n) is 11.2. The van der Waals surface area contributed by atoms with Crippen LogP contribution in [0.1, 0.15) is 19.4 Å². The Hall–Kier alpha value is -1.23. The minimum Gasteiger partial charge on any atom is -0.367 e. The molecule has 2 heterocycles. The molecule has 0 spiro atoms. The van der Waals surface area contributed by atoms with E-state index in [4.69, 9.17) is 14.2 Å². The van der Waals surface area contributed by atoms with Crippen LogP contribution in [-0.2, 0) is 25.4 Å². The second kappa shape index (κ2) is 4.71. The van der Waals surface area contributed by atoms with Crippen LogP contribution < -0.4 is 0 Å². The molecule has 3 rings (SSSR count). The van der Waals surface area contributed by atoms with Crippen LogP contribution in [-0.4, -0.2) is 36.5 Å². The lowest BCUT2D eigenvalue weighted by atomic mass is 9.97. The fourth-order valence-corrected chi connectivity index (χ4v) is 2.66. The highest BCUT2D eigenvalue weighted by Gasteiger charge is 2.50. The van der Waals surface area contributed by atoms with Gasteiger partial charge in [0.15, 0.2) is 17.7 Å². The number of hydrogen-bond donors (Lipinski definition) is 0. The summed E-state index contributed by atoms with van der Waals surface area (Å²) in [5, 5.41) is 0. The molecule has 0 saturated carbocycles. The number of ketones is 1. The fourth-order valence-electron chi connectivity index (χ4n) is 2.66. The van der Waals surface area contributed by atoms with Crippen LogP contribution in [0.3, 0.4) is 0 Å². The molecule has 0 unspecified atom stereocenters. The third kappa shape index (κ3) is 2.56. The van der Waals surface area contributed by atoms with Gasteiger partial charge in [0.1, 0.15) is 12.2 Å². The fraction of sp³-hybridized carbons (Fsp3) is 0.533. The van der Waals surface area contributed by atoms with Crippen molar-refractivity contribution in [1.82, 2.24) is 0 Å². The summed E-state index contributed by atoms with van der Waals surface area (Å²) in [7, 11) is 0. The van der Waals surface area contributed by atoms with Crippen molar-refractivity contribution in [3.63, 3.8) is 0 Å². The molecular weight excluding hydrogens is 244 g/mol. The van der Waals surface area contributed by atoms with Gasteiger partial charge in [0.2, 0.25) is 0 Å². The first-order valence-electron chi connectivity index (χ1n) is 6.60. The molecule has 19 heavy (non-hydrogen) atoms. The quantitative estimate of drug-likeness (QED) is 0.814. The van der Waals surface area contributed by atoms with Gasteiger partial charge in [-0.25, -0.2) is 0 Å². The summed E-state index contributed by atoms with van der Waals surface area (Å²) in [6, 6.07) is 9.88. The monoisotopic (exact) mass is 262 g/mol. The molecule has 2 fully saturated rings. The van der Waals surface area contributed by atoms with Gasteiger partial charge in [-0.3, -0.25) is 4.79 Å². The molecule has 0 N–H and O–H groups in total. The number of hydrogen-bond acceptors (Lipinski definition) is 4. The Labute approximate surface area is 112 Å². The first-order valence-corrected chi connectivity index (χ1v) is 6.60. The number of benzene rings is 1. The minimum atomic E-state index is -0.698. The van der Waals surface area contributed by atoms with Gasteiger partial charge >= 0.3 is 0 Å². The maximum absolute atomic E-state index is 12.4.